The van der Waals surface area contributed by atoms with Crippen molar-refractivity contribution in [1.82, 2.24) is 4.98 Å². The van der Waals surface area contributed by atoms with Gasteiger partial charge in [0.15, 0.2) is 0 Å². The first-order chi connectivity index (χ1) is 17.9. The number of halogens is 3. The number of alkyl halides is 3. The number of fused-ring (bicyclic) bond motifs is 1. The molecule has 0 spiro atoms. The van der Waals surface area contributed by atoms with E-state index >= 15 is 0 Å². The van der Waals surface area contributed by atoms with Gasteiger partial charge in [-0.1, -0.05) is 66.7 Å². The van der Waals surface area contributed by atoms with Crippen LogP contribution in [0.5, 0.6) is 5.75 Å². The van der Waals surface area contributed by atoms with Crippen molar-refractivity contribution < 1.29 is 17.9 Å². The SMILES string of the molecule is COc1cccc(CNc2cccc(-c3c(Cc4ccccc4)cnc4c(C(F)(F)F)cccc34)c2)c1. The average molecular weight is 499 g/mol. The Kier molecular flexibility index (Phi) is 6.82. The van der Waals surface area contributed by atoms with Crippen molar-refractivity contribution in [3.8, 4) is 16.9 Å². The lowest BCUT2D eigenvalue weighted by molar-refractivity contribution is -0.136. The summed E-state index contributed by atoms with van der Waals surface area (Å²) in [6.07, 6.45) is -2.36. The maximum absolute atomic E-state index is 13.8. The molecule has 0 aliphatic carbocycles. The van der Waals surface area contributed by atoms with E-state index in [1.165, 1.54) is 6.07 Å². The summed E-state index contributed by atoms with van der Waals surface area (Å²) in [7, 11) is 1.63. The van der Waals surface area contributed by atoms with E-state index in [0.29, 0.717) is 18.4 Å². The van der Waals surface area contributed by atoms with Gasteiger partial charge < -0.3 is 10.1 Å². The summed E-state index contributed by atoms with van der Waals surface area (Å²) in [6, 6.07) is 29.7. The van der Waals surface area contributed by atoms with Crippen molar-refractivity contribution in [2.24, 2.45) is 0 Å². The molecule has 5 rings (SSSR count). The van der Waals surface area contributed by atoms with E-state index in [-0.39, 0.29) is 5.52 Å². The lowest BCUT2D eigenvalue weighted by Gasteiger charge is -2.17. The molecule has 186 valence electrons. The van der Waals surface area contributed by atoms with Gasteiger partial charge in [-0.3, -0.25) is 4.98 Å². The summed E-state index contributed by atoms with van der Waals surface area (Å²) >= 11 is 0. The molecule has 0 aliphatic heterocycles. The fourth-order valence-electron chi connectivity index (χ4n) is 4.55. The zero-order valence-electron chi connectivity index (χ0n) is 20.2. The molecule has 0 saturated carbocycles. The second kappa shape index (κ2) is 10.3. The van der Waals surface area contributed by atoms with Crippen LogP contribution in [0.3, 0.4) is 0 Å². The quantitative estimate of drug-likeness (QED) is 0.246. The van der Waals surface area contributed by atoms with Gasteiger partial charge in [0.2, 0.25) is 0 Å². The number of hydrogen-bond acceptors (Lipinski definition) is 3. The number of rotatable bonds is 7. The third-order valence-electron chi connectivity index (χ3n) is 6.30. The maximum Gasteiger partial charge on any atom is 0.418 e. The van der Waals surface area contributed by atoms with E-state index < -0.39 is 11.7 Å². The van der Waals surface area contributed by atoms with Gasteiger partial charge in [-0.25, -0.2) is 0 Å². The second-order valence-corrected chi connectivity index (χ2v) is 8.81. The van der Waals surface area contributed by atoms with Crippen LogP contribution in [-0.4, -0.2) is 12.1 Å². The highest BCUT2D eigenvalue weighted by Crippen LogP contribution is 2.39. The fraction of sp³-hybridized carbons (Fsp3) is 0.129. The number of anilines is 1. The Morgan fingerprint density at radius 2 is 1.57 bits per heavy atom. The summed E-state index contributed by atoms with van der Waals surface area (Å²) in [5, 5.41) is 3.90. The smallest absolute Gasteiger partial charge is 0.418 e. The van der Waals surface area contributed by atoms with Gasteiger partial charge in [-0.2, -0.15) is 13.2 Å². The largest absolute Gasteiger partial charge is 0.497 e. The third-order valence-corrected chi connectivity index (χ3v) is 6.30. The molecule has 0 bridgehead atoms. The molecule has 1 aromatic heterocycles. The van der Waals surface area contributed by atoms with Gasteiger partial charge in [-0.05, 0) is 64.6 Å². The molecule has 0 amide bonds. The number of nitrogens with zero attached hydrogens (tertiary/aromatic N) is 1. The highest BCUT2D eigenvalue weighted by Gasteiger charge is 2.33. The Labute approximate surface area is 213 Å². The standard InChI is InChI=1S/C31H25F3N2O/c1-37-26-13-5-10-22(17-26)19-35-25-12-6-11-23(18-25)29-24(16-21-8-3-2-4-9-21)20-36-30-27(29)14-7-15-28(30)31(32,33)34/h2-15,17-18,20,35H,16,19H2,1H3. The highest BCUT2D eigenvalue weighted by molar-refractivity contribution is 5.98. The van der Waals surface area contributed by atoms with Crippen LogP contribution in [-0.2, 0) is 19.1 Å². The monoisotopic (exact) mass is 498 g/mol. The lowest BCUT2D eigenvalue weighted by Crippen LogP contribution is -2.07. The van der Waals surface area contributed by atoms with Gasteiger partial charge in [0, 0.05) is 23.8 Å². The Balaban J connectivity index is 1.58. The predicted molar refractivity (Wildman–Crippen MR) is 142 cm³/mol. The summed E-state index contributed by atoms with van der Waals surface area (Å²) in [6.45, 7) is 0.576. The zero-order chi connectivity index (χ0) is 25.8. The van der Waals surface area contributed by atoms with Gasteiger partial charge in [0.1, 0.15) is 5.75 Å². The van der Waals surface area contributed by atoms with Gasteiger partial charge in [0.25, 0.3) is 0 Å². The highest BCUT2D eigenvalue weighted by atomic mass is 19.4. The van der Waals surface area contributed by atoms with Crippen LogP contribution < -0.4 is 10.1 Å². The van der Waals surface area contributed by atoms with E-state index in [2.05, 4.69) is 10.3 Å². The number of aromatic nitrogens is 1. The van der Waals surface area contributed by atoms with Crippen LogP contribution in [0.2, 0.25) is 0 Å². The van der Waals surface area contributed by atoms with Gasteiger partial charge in [-0.15, -0.1) is 0 Å². The van der Waals surface area contributed by atoms with Crippen LogP contribution >= 0.6 is 0 Å². The number of ether oxygens (including phenoxy) is 1. The van der Waals surface area contributed by atoms with E-state index in [1.807, 2.05) is 78.9 Å². The average Bonchev–Trinajstić information content (AvgIpc) is 2.91. The van der Waals surface area contributed by atoms with Crippen molar-refractivity contribution in [1.29, 1.82) is 0 Å². The molecule has 0 radical (unpaired) electrons. The van der Waals surface area contributed by atoms with E-state index in [9.17, 15) is 13.2 Å². The fourth-order valence-corrected chi connectivity index (χ4v) is 4.55. The van der Waals surface area contributed by atoms with Gasteiger partial charge >= 0.3 is 6.18 Å². The Morgan fingerprint density at radius 3 is 2.35 bits per heavy atom. The molecule has 5 aromatic rings. The number of methoxy groups -OCH3 is 1. The first kappa shape index (κ1) is 24.4. The van der Waals surface area contributed by atoms with Gasteiger partial charge in [0.05, 0.1) is 18.2 Å². The summed E-state index contributed by atoms with van der Waals surface area (Å²) < 4.78 is 46.8. The minimum absolute atomic E-state index is 0.0449. The van der Waals surface area contributed by atoms with Crippen molar-refractivity contribution in [3.63, 3.8) is 0 Å². The molecule has 1 N–H and O–H groups in total. The van der Waals surface area contributed by atoms with Crippen LogP contribution in [0.15, 0.2) is 103 Å². The summed E-state index contributed by atoms with van der Waals surface area (Å²) in [5.41, 5.74) is 4.65. The number of pyridine rings is 1. The summed E-state index contributed by atoms with van der Waals surface area (Å²) in [4.78, 5) is 4.30. The maximum atomic E-state index is 13.8. The van der Waals surface area contributed by atoms with E-state index in [0.717, 1.165) is 45.3 Å². The summed E-state index contributed by atoms with van der Waals surface area (Å²) in [5.74, 6) is 0.780. The molecule has 6 heteroatoms. The van der Waals surface area contributed by atoms with Crippen LogP contribution in [0.25, 0.3) is 22.0 Å². The molecule has 0 atom stereocenters. The van der Waals surface area contributed by atoms with Crippen LogP contribution in [0.1, 0.15) is 22.3 Å². The normalized spacial score (nSPS) is 11.5. The molecule has 3 nitrogen and oxygen atoms in total. The predicted octanol–water partition coefficient (Wildman–Crippen LogP) is 8.13. The molecule has 1 heterocycles. The molecular formula is C31H25F3N2O. The zero-order valence-corrected chi connectivity index (χ0v) is 20.2. The molecule has 0 fully saturated rings. The minimum Gasteiger partial charge on any atom is -0.497 e. The Hall–Kier alpha value is -4.32. The van der Waals surface area contributed by atoms with Crippen molar-refractivity contribution in [2.75, 3.05) is 12.4 Å². The third kappa shape index (κ3) is 5.43. The second-order valence-electron chi connectivity index (χ2n) is 8.81. The number of para-hydroxylation sites is 1. The molecule has 4 aromatic carbocycles. The molecule has 37 heavy (non-hydrogen) atoms. The molecule has 0 aliphatic rings. The first-order valence-corrected chi connectivity index (χ1v) is 11.9. The minimum atomic E-state index is -4.50. The topological polar surface area (TPSA) is 34.1 Å². The molecule has 0 saturated heterocycles. The first-order valence-electron chi connectivity index (χ1n) is 11.9. The Bertz CT molecular complexity index is 1530. The van der Waals surface area contributed by atoms with Crippen molar-refractivity contribution in [2.45, 2.75) is 19.1 Å². The van der Waals surface area contributed by atoms with Crippen molar-refractivity contribution in [3.05, 3.63) is 126 Å². The van der Waals surface area contributed by atoms with E-state index in [4.69, 9.17) is 4.74 Å². The van der Waals surface area contributed by atoms with Crippen molar-refractivity contribution >= 4 is 16.6 Å². The Morgan fingerprint density at radius 1 is 0.811 bits per heavy atom. The van der Waals surface area contributed by atoms with E-state index in [1.54, 1.807) is 19.4 Å². The molecule has 0 unspecified atom stereocenters. The van der Waals surface area contributed by atoms with Crippen LogP contribution in [0, 0.1) is 0 Å². The molecular weight excluding hydrogens is 473 g/mol. The van der Waals surface area contributed by atoms with Crippen LogP contribution in [0.4, 0.5) is 18.9 Å². The number of benzene rings is 4. The number of nitrogens with one attached hydrogen (secondary N) is 1. The number of hydrogen-bond donors (Lipinski definition) is 1. The lowest BCUT2D eigenvalue weighted by atomic mass is 9.91.